The van der Waals surface area contributed by atoms with Crippen LogP contribution in [0, 0.1) is 0 Å². The average Bonchev–Trinajstić information content (AvgIpc) is 2.91. The number of para-hydroxylation sites is 1. The van der Waals surface area contributed by atoms with E-state index in [2.05, 4.69) is 19.8 Å². The molecule has 158 valence electrons. The van der Waals surface area contributed by atoms with Crippen molar-refractivity contribution < 1.29 is 14.3 Å². The Morgan fingerprint density at radius 2 is 1.60 bits per heavy atom. The summed E-state index contributed by atoms with van der Waals surface area (Å²) >= 11 is 0. The van der Waals surface area contributed by atoms with Crippen LogP contribution in [0.1, 0.15) is 29.6 Å². The molecule has 2 aliphatic heterocycles. The van der Waals surface area contributed by atoms with Crippen LogP contribution < -0.4 is 9.64 Å². The second-order valence-electron chi connectivity index (χ2n) is 7.57. The molecule has 1 aromatic carbocycles. The molecule has 8 heteroatoms. The van der Waals surface area contributed by atoms with Crippen molar-refractivity contribution >= 4 is 17.8 Å². The van der Waals surface area contributed by atoms with Crippen molar-refractivity contribution in [3.8, 4) is 5.75 Å². The summed E-state index contributed by atoms with van der Waals surface area (Å²) in [6.07, 6.45) is 6.38. The topological polar surface area (TPSA) is 78.9 Å². The molecule has 1 saturated heterocycles. The molecule has 2 aliphatic rings. The molecule has 0 atom stereocenters. The number of amides is 2. The van der Waals surface area contributed by atoms with Crippen LogP contribution in [0.2, 0.25) is 0 Å². The van der Waals surface area contributed by atoms with Gasteiger partial charge in [-0.05, 0) is 37.6 Å². The summed E-state index contributed by atoms with van der Waals surface area (Å²) in [4.78, 5) is 39.7. The fraction of sp³-hybridized carbons (Fsp3) is 0.455. The highest BCUT2D eigenvalue weighted by Gasteiger charge is 2.28. The molecule has 0 spiro atoms. The number of imide groups is 1. The highest BCUT2D eigenvalue weighted by molar-refractivity contribution is 6.07. The Kier molecular flexibility index (Phi) is 6.53. The minimum Gasteiger partial charge on any atom is -0.483 e. The highest BCUT2D eigenvalue weighted by Crippen LogP contribution is 2.23. The zero-order valence-corrected chi connectivity index (χ0v) is 17.1. The molecule has 0 N–H and O–H groups in total. The van der Waals surface area contributed by atoms with Gasteiger partial charge in [0.05, 0.1) is 5.56 Å². The summed E-state index contributed by atoms with van der Waals surface area (Å²) in [6.45, 7) is 5.23. The van der Waals surface area contributed by atoms with Crippen LogP contribution in [-0.4, -0.2) is 77.5 Å². The molecule has 0 saturated carbocycles. The number of hydrogen-bond acceptors (Lipinski definition) is 7. The zero-order valence-electron chi connectivity index (χ0n) is 17.1. The first-order chi connectivity index (χ1) is 14.7. The maximum atomic E-state index is 12.7. The first kappa shape index (κ1) is 20.3. The molecule has 3 heterocycles. The Balaban J connectivity index is 1.18. The normalized spacial score (nSPS) is 17.5. The van der Waals surface area contributed by atoms with E-state index in [-0.39, 0.29) is 18.4 Å². The van der Waals surface area contributed by atoms with Gasteiger partial charge < -0.3 is 9.64 Å². The van der Waals surface area contributed by atoms with E-state index in [1.165, 1.54) is 4.90 Å². The Morgan fingerprint density at radius 3 is 2.40 bits per heavy atom. The molecule has 2 amide bonds. The van der Waals surface area contributed by atoms with Gasteiger partial charge in [0.1, 0.15) is 5.75 Å². The number of fused-ring (bicyclic) bond motifs is 1. The van der Waals surface area contributed by atoms with Gasteiger partial charge in [-0.1, -0.05) is 18.6 Å². The van der Waals surface area contributed by atoms with Crippen LogP contribution in [-0.2, 0) is 4.79 Å². The number of aromatic nitrogens is 2. The number of unbranched alkanes of at least 4 members (excludes halogenated alkanes) is 2. The smallest absolute Gasteiger partial charge is 0.267 e. The van der Waals surface area contributed by atoms with Gasteiger partial charge in [0.15, 0.2) is 6.61 Å². The Bertz CT molecular complexity index is 868. The molecule has 0 bridgehead atoms. The minimum absolute atomic E-state index is 0.0852. The number of piperazine rings is 1. The number of nitrogens with zero attached hydrogens (tertiary/aromatic N) is 5. The number of benzene rings is 1. The standard InChI is InChI=1S/C22H27N5O3/c28-20-17-30-19-8-3-2-7-18(19)21(29)27(20)12-5-1-4-11-25-13-15-26(16-14-25)22-23-9-6-10-24-22/h2-3,6-10H,1,4-5,11-17H2. The van der Waals surface area contributed by atoms with Gasteiger partial charge >= 0.3 is 0 Å². The predicted molar refractivity (Wildman–Crippen MR) is 113 cm³/mol. The molecule has 8 nitrogen and oxygen atoms in total. The van der Waals surface area contributed by atoms with Gasteiger partial charge in [0.2, 0.25) is 5.95 Å². The summed E-state index contributed by atoms with van der Waals surface area (Å²) in [5, 5.41) is 0. The lowest BCUT2D eigenvalue weighted by atomic mass is 10.1. The fourth-order valence-corrected chi connectivity index (χ4v) is 3.88. The third-order valence-electron chi connectivity index (χ3n) is 5.58. The zero-order chi connectivity index (χ0) is 20.8. The maximum absolute atomic E-state index is 12.7. The van der Waals surface area contributed by atoms with E-state index >= 15 is 0 Å². The summed E-state index contributed by atoms with van der Waals surface area (Å²) in [5.41, 5.74) is 0.462. The van der Waals surface area contributed by atoms with E-state index < -0.39 is 0 Å². The van der Waals surface area contributed by atoms with Gasteiger partial charge in [-0.2, -0.15) is 0 Å². The Morgan fingerprint density at radius 1 is 0.867 bits per heavy atom. The highest BCUT2D eigenvalue weighted by atomic mass is 16.5. The second kappa shape index (κ2) is 9.67. The van der Waals surface area contributed by atoms with E-state index in [0.717, 1.165) is 57.9 Å². The van der Waals surface area contributed by atoms with Crippen molar-refractivity contribution in [1.29, 1.82) is 0 Å². The Hall–Kier alpha value is -3.00. The molecule has 4 rings (SSSR count). The van der Waals surface area contributed by atoms with E-state index in [4.69, 9.17) is 4.74 Å². The number of carbonyl (C=O) groups excluding carboxylic acids is 2. The van der Waals surface area contributed by atoms with E-state index in [9.17, 15) is 9.59 Å². The molecule has 1 fully saturated rings. The van der Waals surface area contributed by atoms with Gasteiger partial charge in [0.25, 0.3) is 11.8 Å². The van der Waals surface area contributed by atoms with Crippen molar-refractivity contribution in [3.05, 3.63) is 48.3 Å². The summed E-state index contributed by atoms with van der Waals surface area (Å²) in [7, 11) is 0. The molecule has 30 heavy (non-hydrogen) atoms. The van der Waals surface area contributed by atoms with E-state index in [1.54, 1.807) is 36.7 Å². The molecule has 1 aromatic heterocycles. The number of anilines is 1. The average molecular weight is 409 g/mol. The van der Waals surface area contributed by atoms with Crippen molar-refractivity contribution in [2.45, 2.75) is 19.3 Å². The monoisotopic (exact) mass is 409 g/mol. The lowest BCUT2D eigenvalue weighted by molar-refractivity contribution is -0.130. The molecule has 0 radical (unpaired) electrons. The van der Waals surface area contributed by atoms with E-state index in [1.807, 2.05) is 6.07 Å². The quantitative estimate of drug-likeness (QED) is 0.510. The molecule has 2 aromatic rings. The third kappa shape index (κ3) is 4.76. The van der Waals surface area contributed by atoms with Crippen molar-refractivity contribution in [2.24, 2.45) is 0 Å². The van der Waals surface area contributed by atoms with Crippen molar-refractivity contribution in [3.63, 3.8) is 0 Å². The summed E-state index contributed by atoms with van der Waals surface area (Å²) in [5.74, 6) is 0.760. The SMILES string of the molecule is O=C1COc2ccccc2C(=O)N1CCCCCN1CCN(c2ncccn2)CC1. The predicted octanol–water partition coefficient (Wildman–Crippen LogP) is 1.83. The van der Waals surface area contributed by atoms with Crippen molar-refractivity contribution in [1.82, 2.24) is 19.8 Å². The third-order valence-corrected chi connectivity index (χ3v) is 5.58. The summed E-state index contributed by atoms with van der Waals surface area (Å²) in [6, 6.07) is 8.87. The lowest BCUT2D eigenvalue weighted by Crippen LogP contribution is -2.47. The van der Waals surface area contributed by atoms with Gasteiger partial charge in [-0.15, -0.1) is 0 Å². The maximum Gasteiger partial charge on any atom is 0.267 e. The molecular weight excluding hydrogens is 382 g/mol. The largest absolute Gasteiger partial charge is 0.483 e. The number of rotatable bonds is 7. The second-order valence-corrected chi connectivity index (χ2v) is 7.57. The van der Waals surface area contributed by atoms with Crippen LogP contribution >= 0.6 is 0 Å². The number of carbonyl (C=O) groups is 2. The number of hydrogen-bond donors (Lipinski definition) is 0. The van der Waals surface area contributed by atoms with Crippen LogP contribution in [0.5, 0.6) is 5.75 Å². The summed E-state index contributed by atoms with van der Waals surface area (Å²) < 4.78 is 5.48. The minimum atomic E-state index is -0.268. The van der Waals surface area contributed by atoms with Crippen LogP contribution in [0.3, 0.4) is 0 Å². The molecule has 0 aliphatic carbocycles. The first-order valence-electron chi connectivity index (χ1n) is 10.5. The van der Waals surface area contributed by atoms with E-state index in [0.29, 0.717) is 17.9 Å². The van der Waals surface area contributed by atoms with Gasteiger partial charge in [0, 0.05) is 45.1 Å². The molecule has 0 unspecified atom stereocenters. The first-order valence-corrected chi connectivity index (χ1v) is 10.5. The van der Waals surface area contributed by atoms with Crippen molar-refractivity contribution in [2.75, 3.05) is 50.8 Å². The van der Waals surface area contributed by atoms with Crippen LogP contribution in [0.15, 0.2) is 42.7 Å². The van der Waals surface area contributed by atoms with Gasteiger partial charge in [-0.25, -0.2) is 9.97 Å². The molecular formula is C22H27N5O3. The van der Waals surface area contributed by atoms with Crippen LogP contribution in [0.25, 0.3) is 0 Å². The Labute approximate surface area is 176 Å². The fourth-order valence-electron chi connectivity index (χ4n) is 3.88. The number of ether oxygens (including phenoxy) is 1. The van der Waals surface area contributed by atoms with Crippen LogP contribution in [0.4, 0.5) is 5.95 Å². The van der Waals surface area contributed by atoms with Gasteiger partial charge in [-0.3, -0.25) is 19.4 Å². The lowest BCUT2D eigenvalue weighted by Gasteiger charge is -2.34.